The van der Waals surface area contributed by atoms with Crippen molar-refractivity contribution < 1.29 is 8.42 Å². The second-order valence-electron chi connectivity index (χ2n) is 5.25. The Morgan fingerprint density at radius 2 is 1.74 bits per heavy atom. The molecule has 19 heavy (non-hydrogen) atoms. The molecule has 1 saturated heterocycles. The molecular weight excluding hydrogens is 262 g/mol. The van der Waals surface area contributed by atoms with Crippen molar-refractivity contribution in [3.8, 4) is 0 Å². The topological polar surface area (TPSA) is 52.7 Å². The fourth-order valence-electron chi connectivity index (χ4n) is 2.31. The Hall–Kier alpha value is -0.170. The Morgan fingerprint density at radius 1 is 1.11 bits per heavy atom. The van der Waals surface area contributed by atoms with Crippen LogP contribution in [0.25, 0.3) is 0 Å². The minimum Gasteiger partial charge on any atom is -0.317 e. The van der Waals surface area contributed by atoms with Gasteiger partial charge in [-0.15, -0.1) is 0 Å². The molecule has 1 N–H and O–H groups in total. The van der Waals surface area contributed by atoms with Crippen molar-refractivity contribution in [2.45, 2.75) is 45.4 Å². The molecule has 0 spiro atoms. The van der Waals surface area contributed by atoms with Crippen LogP contribution in [0.1, 0.15) is 45.4 Å². The van der Waals surface area contributed by atoms with E-state index in [1.54, 1.807) is 11.4 Å². The number of nitrogens with one attached hydrogen (secondary N) is 1. The molecule has 0 radical (unpaired) electrons. The third-order valence-electron chi connectivity index (χ3n) is 3.54. The zero-order chi connectivity index (χ0) is 14.1. The van der Waals surface area contributed by atoms with Crippen LogP contribution in [0.5, 0.6) is 0 Å². The van der Waals surface area contributed by atoms with E-state index in [-0.39, 0.29) is 0 Å². The lowest BCUT2D eigenvalue weighted by Crippen LogP contribution is -2.43. The molecule has 0 saturated carbocycles. The van der Waals surface area contributed by atoms with Gasteiger partial charge in [-0.1, -0.05) is 19.8 Å². The smallest absolute Gasteiger partial charge is 0.281 e. The van der Waals surface area contributed by atoms with Gasteiger partial charge < -0.3 is 5.32 Å². The first-order valence-electron chi connectivity index (χ1n) is 7.51. The van der Waals surface area contributed by atoms with E-state index < -0.39 is 10.2 Å². The molecule has 1 heterocycles. The van der Waals surface area contributed by atoms with Crippen LogP contribution in [-0.4, -0.2) is 56.8 Å². The van der Waals surface area contributed by atoms with Crippen LogP contribution in [0.15, 0.2) is 0 Å². The Kier molecular flexibility index (Phi) is 7.90. The zero-order valence-electron chi connectivity index (χ0n) is 12.4. The maximum atomic E-state index is 12.4. The minimum atomic E-state index is -3.24. The van der Waals surface area contributed by atoms with Gasteiger partial charge in [-0.2, -0.15) is 17.0 Å². The maximum absolute atomic E-state index is 12.4. The van der Waals surface area contributed by atoms with Gasteiger partial charge in [0, 0.05) is 26.7 Å². The number of hydrogen-bond acceptors (Lipinski definition) is 3. The Morgan fingerprint density at radius 3 is 2.32 bits per heavy atom. The predicted octanol–water partition coefficient (Wildman–Crippen LogP) is 1.43. The van der Waals surface area contributed by atoms with Gasteiger partial charge in [0.05, 0.1) is 0 Å². The maximum Gasteiger partial charge on any atom is 0.281 e. The van der Waals surface area contributed by atoms with Crippen molar-refractivity contribution in [2.75, 3.05) is 39.8 Å². The summed E-state index contributed by atoms with van der Waals surface area (Å²) in [6.45, 7) is 5.97. The number of nitrogens with zero attached hydrogens (tertiary/aromatic N) is 2. The molecule has 0 atom stereocenters. The monoisotopic (exact) mass is 291 g/mol. The van der Waals surface area contributed by atoms with Crippen LogP contribution in [-0.2, 0) is 10.2 Å². The van der Waals surface area contributed by atoms with Gasteiger partial charge in [0.2, 0.25) is 0 Å². The third kappa shape index (κ3) is 5.77. The molecule has 0 amide bonds. The standard InChI is InChI=1S/C13H29N3O2S/c1-3-9-14-10-8-11-15(2)19(17,18)16-12-6-4-5-7-13-16/h14H,3-13H2,1-2H3. The summed E-state index contributed by atoms with van der Waals surface area (Å²) in [5.74, 6) is 0. The molecule has 0 aromatic carbocycles. The van der Waals surface area contributed by atoms with Crippen LogP contribution >= 0.6 is 0 Å². The highest BCUT2D eigenvalue weighted by molar-refractivity contribution is 7.86. The molecule has 1 fully saturated rings. The molecule has 0 aromatic heterocycles. The lowest BCUT2D eigenvalue weighted by Gasteiger charge is -2.26. The van der Waals surface area contributed by atoms with E-state index in [4.69, 9.17) is 0 Å². The SMILES string of the molecule is CCCNCCCN(C)S(=O)(=O)N1CCCCCC1. The van der Waals surface area contributed by atoms with Gasteiger partial charge in [0.15, 0.2) is 0 Å². The van der Waals surface area contributed by atoms with Crippen molar-refractivity contribution in [1.29, 1.82) is 0 Å². The summed E-state index contributed by atoms with van der Waals surface area (Å²) in [5, 5.41) is 3.30. The van der Waals surface area contributed by atoms with Crippen LogP contribution in [0, 0.1) is 0 Å². The van der Waals surface area contributed by atoms with Gasteiger partial charge in [0.1, 0.15) is 0 Å². The summed E-state index contributed by atoms with van der Waals surface area (Å²) in [4.78, 5) is 0. The summed E-state index contributed by atoms with van der Waals surface area (Å²) >= 11 is 0. The summed E-state index contributed by atoms with van der Waals surface area (Å²) < 4.78 is 27.9. The molecular formula is C13H29N3O2S. The summed E-state index contributed by atoms with van der Waals surface area (Å²) in [6, 6.07) is 0. The van der Waals surface area contributed by atoms with E-state index in [9.17, 15) is 8.42 Å². The van der Waals surface area contributed by atoms with E-state index in [1.165, 1.54) is 4.31 Å². The lowest BCUT2D eigenvalue weighted by atomic mass is 10.2. The average Bonchev–Trinajstić information content (AvgIpc) is 2.67. The molecule has 0 aliphatic carbocycles. The number of rotatable bonds is 8. The first kappa shape index (κ1) is 16.9. The van der Waals surface area contributed by atoms with E-state index in [2.05, 4.69) is 12.2 Å². The lowest BCUT2D eigenvalue weighted by molar-refractivity contribution is 0.362. The van der Waals surface area contributed by atoms with Crippen molar-refractivity contribution in [3.63, 3.8) is 0 Å². The second-order valence-corrected chi connectivity index (χ2v) is 7.28. The largest absolute Gasteiger partial charge is 0.317 e. The minimum absolute atomic E-state index is 0.593. The van der Waals surface area contributed by atoms with E-state index in [0.29, 0.717) is 19.6 Å². The highest BCUT2D eigenvalue weighted by Gasteiger charge is 2.26. The molecule has 5 nitrogen and oxygen atoms in total. The van der Waals surface area contributed by atoms with Crippen molar-refractivity contribution in [2.24, 2.45) is 0 Å². The molecule has 1 rings (SSSR count). The van der Waals surface area contributed by atoms with Gasteiger partial charge >= 0.3 is 0 Å². The van der Waals surface area contributed by atoms with Crippen molar-refractivity contribution in [1.82, 2.24) is 13.9 Å². The van der Waals surface area contributed by atoms with E-state index in [1.807, 2.05) is 0 Å². The Labute approximate surface area is 118 Å². The normalized spacial score (nSPS) is 18.7. The van der Waals surface area contributed by atoms with Gasteiger partial charge in [-0.3, -0.25) is 0 Å². The van der Waals surface area contributed by atoms with Gasteiger partial charge in [0.25, 0.3) is 10.2 Å². The number of hydrogen-bond donors (Lipinski definition) is 1. The fourth-order valence-corrected chi connectivity index (χ4v) is 3.79. The van der Waals surface area contributed by atoms with Crippen molar-refractivity contribution in [3.05, 3.63) is 0 Å². The molecule has 6 heteroatoms. The van der Waals surface area contributed by atoms with Crippen LogP contribution < -0.4 is 5.32 Å². The highest BCUT2D eigenvalue weighted by Crippen LogP contribution is 2.15. The quantitative estimate of drug-likeness (QED) is 0.688. The molecule has 1 aliphatic heterocycles. The first-order chi connectivity index (χ1) is 9.09. The molecule has 1 aliphatic rings. The highest BCUT2D eigenvalue weighted by atomic mass is 32.2. The molecule has 0 bridgehead atoms. The fraction of sp³-hybridized carbons (Fsp3) is 1.00. The van der Waals surface area contributed by atoms with Gasteiger partial charge in [-0.05, 0) is 38.8 Å². The van der Waals surface area contributed by atoms with Crippen LogP contribution in [0.3, 0.4) is 0 Å². The van der Waals surface area contributed by atoms with Gasteiger partial charge in [-0.25, -0.2) is 0 Å². The second kappa shape index (κ2) is 8.89. The zero-order valence-corrected chi connectivity index (χ0v) is 13.2. The average molecular weight is 291 g/mol. The summed E-state index contributed by atoms with van der Waals surface area (Å²) in [5.41, 5.74) is 0. The van der Waals surface area contributed by atoms with E-state index >= 15 is 0 Å². The summed E-state index contributed by atoms with van der Waals surface area (Å²) in [6.07, 6.45) is 6.26. The van der Waals surface area contributed by atoms with Crippen molar-refractivity contribution >= 4 is 10.2 Å². The molecule has 114 valence electrons. The third-order valence-corrected chi connectivity index (χ3v) is 5.53. The van der Waals surface area contributed by atoms with Crippen LogP contribution in [0.2, 0.25) is 0 Å². The Bertz CT molecular complexity index is 325. The molecule has 0 aromatic rings. The van der Waals surface area contributed by atoms with E-state index in [0.717, 1.165) is 51.6 Å². The summed E-state index contributed by atoms with van der Waals surface area (Å²) in [7, 11) is -1.54. The Balaban J connectivity index is 2.37. The molecule has 0 unspecified atom stereocenters. The predicted molar refractivity (Wildman–Crippen MR) is 79.4 cm³/mol. The first-order valence-corrected chi connectivity index (χ1v) is 8.91. The van der Waals surface area contributed by atoms with Crippen LogP contribution in [0.4, 0.5) is 0 Å².